The molecule has 1 aromatic carbocycles. The van der Waals surface area contributed by atoms with Crippen LogP contribution in [-0.4, -0.2) is 55.9 Å². The van der Waals surface area contributed by atoms with E-state index in [4.69, 9.17) is 23.2 Å². The van der Waals surface area contributed by atoms with E-state index in [1.54, 1.807) is 11.0 Å². The highest BCUT2D eigenvalue weighted by molar-refractivity contribution is 7.89. The second-order valence-corrected chi connectivity index (χ2v) is 8.68. The number of carbonyl (C=O) groups is 1. The van der Waals surface area contributed by atoms with Crippen molar-refractivity contribution in [3.8, 4) is 0 Å². The molecule has 1 fully saturated rings. The zero-order valence-electron chi connectivity index (χ0n) is 14.3. The molecule has 25 heavy (non-hydrogen) atoms. The standard InChI is InChI=1S/C16H23Cl2N3O3S/c1-3-13(4-2)19-16(22)20-7-9-21(10-8-20)25(23,24)15-11-12(17)5-6-14(15)18/h5-6,11,13H,3-4,7-10H2,1-2H3,(H,19,22). The van der Waals surface area contributed by atoms with Gasteiger partial charge in [0.2, 0.25) is 10.0 Å². The SMILES string of the molecule is CCC(CC)NC(=O)N1CCN(S(=O)(=O)c2cc(Cl)ccc2Cl)CC1. The van der Waals surface area contributed by atoms with Crippen molar-refractivity contribution in [1.29, 1.82) is 0 Å². The average molecular weight is 408 g/mol. The Morgan fingerprint density at radius 1 is 1.16 bits per heavy atom. The molecule has 1 N–H and O–H groups in total. The first-order valence-electron chi connectivity index (χ1n) is 8.30. The first-order valence-corrected chi connectivity index (χ1v) is 10.5. The lowest BCUT2D eigenvalue weighted by atomic mass is 10.2. The van der Waals surface area contributed by atoms with Gasteiger partial charge < -0.3 is 10.2 Å². The number of hydrogen-bond acceptors (Lipinski definition) is 3. The highest BCUT2D eigenvalue weighted by atomic mass is 35.5. The van der Waals surface area contributed by atoms with E-state index in [9.17, 15) is 13.2 Å². The molecule has 0 unspecified atom stereocenters. The Labute approximate surface area is 159 Å². The lowest BCUT2D eigenvalue weighted by molar-refractivity contribution is 0.168. The molecule has 0 spiro atoms. The molecule has 2 amide bonds. The third-order valence-corrected chi connectivity index (χ3v) is 6.97. The molecule has 0 atom stereocenters. The molecule has 6 nitrogen and oxygen atoms in total. The Bertz CT molecular complexity index is 715. The van der Waals surface area contributed by atoms with Crippen LogP contribution in [0.5, 0.6) is 0 Å². The summed E-state index contributed by atoms with van der Waals surface area (Å²) in [6.45, 7) is 5.16. The number of sulfonamides is 1. The van der Waals surface area contributed by atoms with Crippen LogP contribution in [0.3, 0.4) is 0 Å². The molecular formula is C16H23Cl2N3O3S. The lowest BCUT2D eigenvalue weighted by Crippen LogP contribution is -2.54. The fraction of sp³-hybridized carbons (Fsp3) is 0.562. The van der Waals surface area contributed by atoms with Gasteiger partial charge in [0.15, 0.2) is 0 Å². The van der Waals surface area contributed by atoms with Crippen molar-refractivity contribution >= 4 is 39.3 Å². The first-order chi connectivity index (χ1) is 11.8. The number of benzene rings is 1. The second kappa shape index (κ2) is 8.58. The zero-order valence-corrected chi connectivity index (χ0v) is 16.7. The fourth-order valence-electron chi connectivity index (χ4n) is 2.70. The largest absolute Gasteiger partial charge is 0.335 e. The third-order valence-electron chi connectivity index (χ3n) is 4.35. The molecule has 2 rings (SSSR count). The predicted octanol–water partition coefficient (Wildman–Crippen LogP) is 3.20. The van der Waals surface area contributed by atoms with Crippen molar-refractivity contribution in [2.24, 2.45) is 0 Å². The van der Waals surface area contributed by atoms with Crippen molar-refractivity contribution in [2.75, 3.05) is 26.2 Å². The van der Waals surface area contributed by atoms with Crippen molar-refractivity contribution in [3.63, 3.8) is 0 Å². The van der Waals surface area contributed by atoms with Crippen LogP contribution in [0.15, 0.2) is 23.1 Å². The number of hydrogen-bond donors (Lipinski definition) is 1. The number of urea groups is 1. The quantitative estimate of drug-likeness (QED) is 0.814. The summed E-state index contributed by atoms with van der Waals surface area (Å²) in [7, 11) is -3.74. The molecule has 1 aromatic rings. The number of nitrogens with zero attached hydrogens (tertiary/aromatic N) is 2. The Morgan fingerprint density at radius 2 is 1.76 bits per heavy atom. The maximum absolute atomic E-state index is 12.8. The minimum absolute atomic E-state index is 0.00315. The summed E-state index contributed by atoms with van der Waals surface area (Å²) in [6.07, 6.45) is 1.73. The van der Waals surface area contributed by atoms with Gasteiger partial charge in [0.25, 0.3) is 0 Å². The van der Waals surface area contributed by atoms with Gasteiger partial charge in [-0.3, -0.25) is 0 Å². The number of carbonyl (C=O) groups excluding carboxylic acids is 1. The Kier molecular flexibility index (Phi) is 6.96. The molecule has 0 aromatic heterocycles. The molecule has 140 valence electrons. The lowest BCUT2D eigenvalue weighted by Gasteiger charge is -2.34. The zero-order chi connectivity index (χ0) is 18.6. The van der Waals surface area contributed by atoms with E-state index in [1.165, 1.54) is 16.4 Å². The third kappa shape index (κ3) is 4.78. The van der Waals surface area contributed by atoms with Gasteiger partial charge >= 0.3 is 6.03 Å². The van der Waals surface area contributed by atoms with E-state index >= 15 is 0 Å². The van der Waals surface area contributed by atoms with Crippen LogP contribution < -0.4 is 5.32 Å². The van der Waals surface area contributed by atoms with Crippen molar-refractivity contribution < 1.29 is 13.2 Å². The number of piperazine rings is 1. The van der Waals surface area contributed by atoms with E-state index in [0.717, 1.165) is 12.8 Å². The Hall–Kier alpha value is -1.02. The Morgan fingerprint density at radius 3 is 2.32 bits per heavy atom. The van der Waals surface area contributed by atoms with E-state index in [0.29, 0.717) is 18.1 Å². The molecule has 1 heterocycles. The van der Waals surface area contributed by atoms with Crippen molar-refractivity contribution in [3.05, 3.63) is 28.2 Å². The fourth-order valence-corrected chi connectivity index (χ4v) is 4.86. The summed E-state index contributed by atoms with van der Waals surface area (Å²) < 4.78 is 26.9. The topological polar surface area (TPSA) is 69.7 Å². The summed E-state index contributed by atoms with van der Waals surface area (Å²) in [5, 5.41) is 3.42. The van der Waals surface area contributed by atoms with E-state index < -0.39 is 10.0 Å². The molecule has 0 radical (unpaired) electrons. The van der Waals surface area contributed by atoms with Crippen LogP contribution >= 0.6 is 23.2 Å². The van der Waals surface area contributed by atoms with E-state index in [1.807, 2.05) is 13.8 Å². The van der Waals surface area contributed by atoms with Gasteiger partial charge in [0, 0.05) is 37.2 Å². The monoisotopic (exact) mass is 407 g/mol. The van der Waals surface area contributed by atoms with Crippen LogP contribution in [0, 0.1) is 0 Å². The number of halogens is 2. The Balaban J connectivity index is 2.04. The smallest absolute Gasteiger partial charge is 0.317 e. The summed E-state index contributed by atoms with van der Waals surface area (Å²) >= 11 is 11.9. The van der Waals surface area contributed by atoms with Crippen LogP contribution in [-0.2, 0) is 10.0 Å². The van der Waals surface area contributed by atoms with E-state index in [2.05, 4.69) is 5.32 Å². The summed E-state index contributed by atoms with van der Waals surface area (Å²) in [5.74, 6) is 0. The van der Waals surface area contributed by atoms with Gasteiger partial charge in [-0.15, -0.1) is 0 Å². The average Bonchev–Trinajstić information content (AvgIpc) is 2.61. The molecule has 0 bridgehead atoms. The number of amides is 2. The summed E-state index contributed by atoms with van der Waals surface area (Å²) in [5.41, 5.74) is 0. The van der Waals surface area contributed by atoms with Crippen molar-refractivity contribution in [2.45, 2.75) is 37.6 Å². The summed E-state index contributed by atoms with van der Waals surface area (Å²) in [6, 6.07) is 4.36. The van der Waals surface area contributed by atoms with Gasteiger partial charge in [0.1, 0.15) is 4.90 Å². The maximum Gasteiger partial charge on any atom is 0.317 e. The number of nitrogens with one attached hydrogen (secondary N) is 1. The van der Waals surface area contributed by atoms with Crippen LogP contribution in [0.2, 0.25) is 10.0 Å². The van der Waals surface area contributed by atoms with Crippen LogP contribution in [0.1, 0.15) is 26.7 Å². The molecule has 0 saturated carbocycles. The molecule has 1 aliphatic rings. The predicted molar refractivity (Wildman–Crippen MR) is 99.7 cm³/mol. The maximum atomic E-state index is 12.8. The van der Waals surface area contributed by atoms with E-state index in [-0.39, 0.29) is 35.1 Å². The van der Waals surface area contributed by atoms with Crippen LogP contribution in [0.25, 0.3) is 0 Å². The highest BCUT2D eigenvalue weighted by Gasteiger charge is 2.31. The van der Waals surface area contributed by atoms with Gasteiger partial charge in [-0.1, -0.05) is 37.0 Å². The minimum Gasteiger partial charge on any atom is -0.335 e. The van der Waals surface area contributed by atoms with Crippen molar-refractivity contribution in [1.82, 2.24) is 14.5 Å². The second-order valence-electron chi connectivity index (χ2n) is 5.93. The molecular weight excluding hydrogens is 385 g/mol. The van der Waals surface area contributed by atoms with Crippen LogP contribution in [0.4, 0.5) is 4.79 Å². The molecule has 1 saturated heterocycles. The highest BCUT2D eigenvalue weighted by Crippen LogP contribution is 2.28. The summed E-state index contributed by atoms with van der Waals surface area (Å²) in [4.78, 5) is 13.9. The van der Waals surface area contributed by atoms with Gasteiger partial charge in [0.05, 0.1) is 5.02 Å². The van der Waals surface area contributed by atoms with Gasteiger partial charge in [-0.2, -0.15) is 4.31 Å². The van der Waals surface area contributed by atoms with Gasteiger partial charge in [-0.25, -0.2) is 13.2 Å². The molecule has 1 aliphatic heterocycles. The first kappa shape index (κ1) is 20.3. The normalized spacial score (nSPS) is 16.3. The number of rotatable bonds is 5. The van der Waals surface area contributed by atoms with Gasteiger partial charge in [-0.05, 0) is 31.0 Å². The minimum atomic E-state index is -3.74. The molecule has 0 aliphatic carbocycles. The molecule has 9 heteroatoms.